The molecular weight excluding hydrogens is 286 g/mol. The van der Waals surface area contributed by atoms with E-state index < -0.39 is 0 Å². The summed E-state index contributed by atoms with van der Waals surface area (Å²) in [6.45, 7) is 3.93. The van der Waals surface area contributed by atoms with E-state index in [0.29, 0.717) is 11.7 Å². The van der Waals surface area contributed by atoms with E-state index >= 15 is 0 Å². The number of hydrogen-bond acceptors (Lipinski definition) is 6. The minimum atomic E-state index is 0.104. The van der Waals surface area contributed by atoms with Gasteiger partial charge in [-0.1, -0.05) is 40.6 Å². The lowest BCUT2D eigenvalue weighted by Gasteiger charge is -2.03. The minimum Gasteiger partial charge on any atom is -0.361 e. The van der Waals surface area contributed by atoms with E-state index in [1.165, 1.54) is 0 Å². The number of nitrogens with zero attached hydrogens (tertiary/aromatic N) is 3. The largest absolute Gasteiger partial charge is 0.361 e. The summed E-state index contributed by atoms with van der Waals surface area (Å²) in [5.74, 6) is 2.82. The van der Waals surface area contributed by atoms with Crippen molar-refractivity contribution in [3.63, 3.8) is 0 Å². The number of thioether (sulfide) groups is 1. The van der Waals surface area contributed by atoms with Crippen LogP contribution < -0.4 is 0 Å². The number of aryl methyl sites for hydroxylation is 1. The van der Waals surface area contributed by atoms with E-state index in [0.717, 1.165) is 22.8 Å². The smallest absolute Gasteiger partial charge is 0.239 e. The maximum Gasteiger partial charge on any atom is 0.239 e. The van der Waals surface area contributed by atoms with E-state index in [9.17, 15) is 0 Å². The van der Waals surface area contributed by atoms with Gasteiger partial charge in [-0.15, -0.1) is 11.8 Å². The molecule has 0 fully saturated rings. The summed E-state index contributed by atoms with van der Waals surface area (Å²) in [6, 6.07) is 11.7. The average Bonchev–Trinajstić information content (AvgIpc) is 3.15. The summed E-state index contributed by atoms with van der Waals surface area (Å²) >= 11 is 1.69. The summed E-state index contributed by atoms with van der Waals surface area (Å²) in [6.07, 6.45) is 0. The van der Waals surface area contributed by atoms with Gasteiger partial charge in [-0.05, 0) is 13.8 Å². The molecule has 3 rings (SSSR count). The minimum absolute atomic E-state index is 0.104. The molecule has 5 nitrogen and oxygen atoms in total. The van der Waals surface area contributed by atoms with Gasteiger partial charge in [-0.25, -0.2) is 0 Å². The maximum absolute atomic E-state index is 5.35. The molecule has 2 aromatic heterocycles. The fourth-order valence-electron chi connectivity index (χ4n) is 1.87. The van der Waals surface area contributed by atoms with Crippen molar-refractivity contribution in [3.8, 4) is 11.4 Å². The molecular formula is C15H15N3O2S. The highest BCUT2D eigenvalue weighted by Crippen LogP contribution is 2.30. The molecule has 0 amide bonds. The van der Waals surface area contributed by atoms with Crippen LogP contribution in [0.5, 0.6) is 0 Å². The van der Waals surface area contributed by atoms with Gasteiger partial charge in [-0.3, -0.25) is 0 Å². The molecule has 0 radical (unpaired) electrons. The van der Waals surface area contributed by atoms with Gasteiger partial charge in [0.2, 0.25) is 11.7 Å². The molecule has 21 heavy (non-hydrogen) atoms. The molecule has 3 aromatic rings. The fraction of sp³-hybridized carbons (Fsp3) is 0.267. The predicted octanol–water partition coefficient (Wildman–Crippen LogP) is 4.03. The molecule has 0 unspecified atom stereocenters. The molecule has 1 atom stereocenters. The van der Waals surface area contributed by atoms with Crippen molar-refractivity contribution in [2.24, 2.45) is 0 Å². The van der Waals surface area contributed by atoms with Crippen LogP contribution in [0.3, 0.4) is 0 Å². The Morgan fingerprint density at radius 1 is 1.14 bits per heavy atom. The first kappa shape index (κ1) is 13.9. The Morgan fingerprint density at radius 3 is 2.67 bits per heavy atom. The van der Waals surface area contributed by atoms with Crippen LogP contribution in [0.25, 0.3) is 11.4 Å². The fourth-order valence-corrected chi connectivity index (χ4v) is 2.67. The number of hydrogen-bond donors (Lipinski definition) is 0. The maximum atomic E-state index is 5.35. The first-order chi connectivity index (χ1) is 10.2. The first-order valence-corrected chi connectivity index (χ1v) is 7.70. The SMILES string of the molecule is Cc1cc(CS[C@@H](C)c2nc(-c3ccccc3)no2)no1. The van der Waals surface area contributed by atoms with Gasteiger partial charge in [0.15, 0.2) is 0 Å². The van der Waals surface area contributed by atoms with Crippen LogP contribution in [0.15, 0.2) is 45.4 Å². The zero-order valence-electron chi connectivity index (χ0n) is 11.8. The third-order valence-corrected chi connectivity index (χ3v) is 4.14. The molecule has 1 aromatic carbocycles. The average molecular weight is 301 g/mol. The molecule has 0 saturated carbocycles. The number of rotatable bonds is 5. The zero-order chi connectivity index (χ0) is 14.7. The highest BCUT2D eigenvalue weighted by molar-refractivity contribution is 7.98. The Hall–Kier alpha value is -2.08. The van der Waals surface area contributed by atoms with Gasteiger partial charge in [0, 0.05) is 17.4 Å². The van der Waals surface area contributed by atoms with Crippen LogP contribution in [0, 0.1) is 6.92 Å². The van der Waals surface area contributed by atoms with E-state index in [2.05, 4.69) is 15.3 Å². The quantitative estimate of drug-likeness (QED) is 0.709. The van der Waals surface area contributed by atoms with Crippen LogP contribution >= 0.6 is 11.8 Å². The molecule has 0 N–H and O–H groups in total. The summed E-state index contributed by atoms with van der Waals surface area (Å²) in [7, 11) is 0. The topological polar surface area (TPSA) is 65.0 Å². The van der Waals surface area contributed by atoms with Crippen molar-refractivity contribution in [2.45, 2.75) is 24.9 Å². The summed E-state index contributed by atoms with van der Waals surface area (Å²) in [5.41, 5.74) is 1.88. The molecule has 0 saturated heterocycles. The van der Waals surface area contributed by atoms with Crippen LogP contribution in [0.2, 0.25) is 0 Å². The summed E-state index contributed by atoms with van der Waals surface area (Å²) < 4.78 is 10.4. The molecule has 0 aliphatic heterocycles. The van der Waals surface area contributed by atoms with E-state index in [1.807, 2.05) is 50.2 Å². The highest BCUT2D eigenvalue weighted by atomic mass is 32.2. The normalized spacial score (nSPS) is 12.5. The monoisotopic (exact) mass is 301 g/mol. The lowest BCUT2D eigenvalue weighted by atomic mass is 10.2. The van der Waals surface area contributed by atoms with Crippen molar-refractivity contribution in [1.82, 2.24) is 15.3 Å². The van der Waals surface area contributed by atoms with Crippen LogP contribution in [0.1, 0.15) is 29.5 Å². The second kappa shape index (κ2) is 6.13. The number of benzene rings is 1. The van der Waals surface area contributed by atoms with Crippen molar-refractivity contribution in [1.29, 1.82) is 0 Å². The Labute approximate surface area is 126 Å². The molecule has 0 spiro atoms. The van der Waals surface area contributed by atoms with Gasteiger partial charge in [0.1, 0.15) is 5.76 Å². The van der Waals surface area contributed by atoms with Gasteiger partial charge < -0.3 is 9.05 Å². The lowest BCUT2D eigenvalue weighted by molar-refractivity contribution is 0.380. The lowest BCUT2D eigenvalue weighted by Crippen LogP contribution is -1.90. The highest BCUT2D eigenvalue weighted by Gasteiger charge is 2.16. The molecule has 6 heteroatoms. The molecule has 0 aliphatic carbocycles. The third-order valence-electron chi connectivity index (χ3n) is 2.98. The summed E-state index contributed by atoms with van der Waals surface area (Å²) in [5, 5.41) is 8.11. The van der Waals surface area contributed by atoms with Crippen molar-refractivity contribution >= 4 is 11.8 Å². The molecule has 108 valence electrons. The second-order valence-electron chi connectivity index (χ2n) is 4.70. The van der Waals surface area contributed by atoms with E-state index in [1.54, 1.807) is 11.8 Å². The van der Waals surface area contributed by atoms with Gasteiger partial charge in [-0.2, -0.15) is 4.98 Å². The molecule has 2 heterocycles. The zero-order valence-corrected chi connectivity index (χ0v) is 12.6. The van der Waals surface area contributed by atoms with Gasteiger partial charge >= 0.3 is 0 Å². The molecule has 0 aliphatic rings. The standard InChI is InChI=1S/C15H15N3O2S/c1-10-8-13(17-19-10)9-21-11(2)15-16-14(18-20-15)12-6-4-3-5-7-12/h3-8,11H,9H2,1-2H3/t11-/m0/s1. The predicted molar refractivity (Wildman–Crippen MR) is 80.7 cm³/mol. The first-order valence-electron chi connectivity index (χ1n) is 6.65. The number of aromatic nitrogens is 3. The van der Waals surface area contributed by atoms with E-state index in [4.69, 9.17) is 9.05 Å². The second-order valence-corrected chi connectivity index (χ2v) is 6.03. The Bertz CT molecular complexity index is 709. The molecule has 0 bridgehead atoms. The Kier molecular flexibility index (Phi) is 4.06. The van der Waals surface area contributed by atoms with Crippen LogP contribution in [-0.4, -0.2) is 15.3 Å². The van der Waals surface area contributed by atoms with Gasteiger partial charge in [0.05, 0.1) is 10.9 Å². The van der Waals surface area contributed by atoms with Crippen molar-refractivity contribution in [3.05, 3.63) is 53.7 Å². The Balaban J connectivity index is 1.65. The van der Waals surface area contributed by atoms with Crippen LogP contribution in [0.4, 0.5) is 0 Å². The van der Waals surface area contributed by atoms with E-state index in [-0.39, 0.29) is 5.25 Å². The van der Waals surface area contributed by atoms with Gasteiger partial charge in [0.25, 0.3) is 0 Å². The Morgan fingerprint density at radius 2 is 1.95 bits per heavy atom. The van der Waals surface area contributed by atoms with Crippen molar-refractivity contribution in [2.75, 3.05) is 0 Å². The van der Waals surface area contributed by atoms with Crippen LogP contribution in [-0.2, 0) is 5.75 Å². The van der Waals surface area contributed by atoms with Crippen molar-refractivity contribution < 1.29 is 9.05 Å². The third kappa shape index (κ3) is 3.33. The summed E-state index contributed by atoms with van der Waals surface area (Å²) in [4.78, 5) is 4.46.